The third-order valence-corrected chi connectivity index (χ3v) is 3.11. The quantitative estimate of drug-likeness (QED) is 0.799. The van der Waals surface area contributed by atoms with Crippen molar-refractivity contribution in [2.24, 2.45) is 0 Å². The van der Waals surface area contributed by atoms with Gasteiger partial charge in [0.25, 0.3) is 5.91 Å². The Morgan fingerprint density at radius 1 is 1.30 bits per heavy atom. The number of hydrogen-bond acceptors (Lipinski definition) is 4. The predicted molar refractivity (Wildman–Crippen MR) is 89.4 cm³/mol. The van der Waals surface area contributed by atoms with Crippen molar-refractivity contribution in [1.82, 2.24) is 15.3 Å². The van der Waals surface area contributed by atoms with Gasteiger partial charge in [-0.3, -0.25) is 14.8 Å². The Labute approximate surface area is 136 Å². The molecule has 5 heteroatoms. The van der Waals surface area contributed by atoms with Gasteiger partial charge in [-0.15, -0.1) is 0 Å². The molecule has 0 aliphatic rings. The smallest absolute Gasteiger partial charge is 0.251 e. The van der Waals surface area contributed by atoms with E-state index in [4.69, 9.17) is 4.74 Å². The molecule has 1 N–H and O–H groups in total. The molecule has 0 radical (unpaired) electrons. The van der Waals surface area contributed by atoms with Crippen LogP contribution in [-0.2, 0) is 6.42 Å². The van der Waals surface area contributed by atoms with E-state index in [0.717, 1.165) is 17.0 Å². The summed E-state index contributed by atoms with van der Waals surface area (Å²) >= 11 is 0. The number of nitrogens with zero attached hydrogens (tertiary/aromatic N) is 2. The first-order chi connectivity index (χ1) is 11.0. The van der Waals surface area contributed by atoms with Crippen molar-refractivity contribution in [3.8, 4) is 5.75 Å². The number of nitrogens with one attached hydrogen (secondary N) is 1. The SMILES string of the molecule is C=C(C)COc1ccc(C(=O)NC(C)Cc2cnccn2)cc1. The van der Waals surface area contributed by atoms with Crippen molar-refractivity contribution in [3.63, 3.8) is 0 Å². The zero-order chi connectivity index (χ0) is 16.7. The van der Waals surface area contributed by atoms with Crippen molar-refractivity contribution in [1.29, 1.82) is 0 Å². The molecule has 0 saturated carbocycles. The monoisotopic (exact) mass is 311 g/mol. The summed E-state index contributed by atoms with van der Waals surface area (Å²) in [5, 5.41) is 2.95. The maximum Gasteiger partial charge on any atom is 0.251 e. The molecule has 1 aromatic carbocycles. The minimum absolute atomic E-state index is 0.0291. The van der Waals surface area contributed by atoms with Gasteiger partial charge in [-0.1, -0.05) is 6.58 Å². The summed E-state index contributed by atoms with van der Waals surface area (Å²) in [7, 11) is 0. The van der Waals surface area contributed by atoms with Crippen LogP contribution in [0.2, 0.25) is 0 Å². The van der Waals surface area contributed by atoms with Crippen LogP contribution in [0.1, 0.15) is 29.9 Å². The summed E-state index contributed by atoms with van der Waals surface area (Å²) in [6.07, 6.45) is 5.62. The molecule has 1 unspecified atom stereocenters. The normalized spacial score (nSPS) is 11.6. The van der Waals surface area contributed by atoms with Gasteiger partial charge in [0.1, 0.15) is 12.4 Å². The van der Waals surface area contributed by atoms with Crippen molar-refractivity contribution in [3.05, 3.63) is 66.3 Å². The lowest BCUT2D eigenvalue weighted by Crippen LogP contribution is -2.34. The molecule has 1 aromatic heterocycles. The Kier molecular flexibility index (Phi) is 5.86. The molecule has 0 bridgehead atoms. The summed E-state index contributed by atoms with van der Waals surface area (Å²) < 4.78 is 5.52. The number of amides is 1. The fourth-order valence-corrected chi connectivity index (χ4v) is 2.02. The van der Waals surface area contributed by atoms with Gasteiger partial charge >= 0.3 is 0 Å². The summed E-state index contributed by atoms with van der Waals surface area (Å²) in [4.78, 5) is 20.4. The van der Waals surface area contributed by atoms with Gasteiger partial charge in [0.05, 0.1) is 5.69 Å². The van der Waals surface area contributed by atoms with E-state index in [1.54, 1.807) is 42.9 Å². The van der Waals surface area contributed by atoms with Crippen LogP contribution in [0.4, 0.5) is 0 Å². The first-order valence-corrected chi connectivity index (χ1v) is 7.47. The zero-order valence-electron chi connectivity index (χ0n) is 13.5. The van der Waals surface area contributed by atoms with Crippen LogP contribution in [0.5, 0.6) is 5.75 Å². The molecule has 1 atom stereocenters. The van der Waals surface area contributed by atoms with Crippen molar-refractivity contribution in [2.45, 2.75) is 26.3 Å². The molecule has 2 aromatic rings. The fourth-order valence-electron chi connectivity index (χ4n) is 2.02. The molecule has 0 spiro atoms. The minimum Gasteiger partial charge on any atom is -0.489 e. The Morgan fingerprint density at radius 2 is 2.04 bits per heavy atom. The average Bonchev–Trinajstić information content (AvgIpc) is 2.54. The zero-order valence-corrected chi connectivity index (χ0v) is 13.5. The predicted octanol–water partition coefficient (Wildman–Crippen LogP) is 2.79. The Hall–Kier alpha value is -2.69. The Morgan fingerprint density at radius 3 is 2.65 bits per heavy atom. The van der Waals surface area contributed by atoms with Gasteiger partial charge in [0.15, 0.2) is 0 Å². The first-order valence-electron chi connectivity index (χ1n) is 7.47. The van der Waals surface area contributed by atoms with E-state index in [9.17, 15) is 4.79 Å². The van der Waals surface area contributed by atoms with E-state index in [0.29, 0.717) is 18.6 Å². The lowest BCUT2D eigenvalue weighted by molar-refractivity contribution is 0.0940. The second-order valence-electron chi connectivity index (χ2n) is 5.55. The van der Waals surface area contributed by atoms with Gasteiger partial charge in [0, 0.05) is 36.6 Å². The van der Waals surface area contributed by atoms with Crippen LogP contribution in [-0.4, -0.2) is 28.5 Å². The number of carbonyl (C=O) groups is 1. The van der Waals surface area contributed by atoms with Crippen LogP contribution in [0.3, 0.4) is 0 Å². The van der Waals surface area contributed by atoms with E-state index in [1.807, 2.05) is 13.8 Å². The fraction of sp³-hybridized carbons (Fsp3) is 0.278. The van der Waals surface area contributed by atoms with E-state index in [-0.39, 0.29) is 11.9 Å². The van der Waals surface area contributed by atoms with E-state index in [1.165, 1.54) is 0 Å². The maximum atomic E-state index is 12.2. The van der Waals surface area contributed by atoms with Crippen LogP contribution < -0.4 is 10.1 Å². The van der Waals surface area contributed by atoms with E-state index in [2.05, 4.69) is 21.9 Å². The molecule has 0 fully saturated rings. The van der Waals surface area contributed by atoms with Crippen LogP contribution in [0, 0.1) is 0 Å². The summed E-state index contributed by atoms with van der Waals surface area (Å²) in [5.41, 5.74) is 2.40. The summed E-state index contributed by atoms with van der Waals surface area (Å²) in [6.45, 7) is 8.10. The van der Waals surface area contributed by atoms with Crippen LogP contribution >= 0.6 is 0 Å². The average molecular weight is 311 g/mol. The lowest BCUT2D eigenvalue weighted by atomic mass is 10.1. The van der Waals surface area contributed by atoms with Crippen molar-refractivity contribution >= 4 is 5.91 Å². The molecule has 1 amide bonds. The number of hydrogen-bond donors (Lipinski definition) is 1. The molecule has 2 rings (SSSR count). The van der Waals surface area contributed by atoms with Crippen molar-refractivity contribution < 1.29 is 9.53 Å². The number of benzene rings is 1. The van der Waals surface area contributed by atoms with Gasteiger partial charge < -0.3 is 10.1 Å². The third kappa shape index (κ3) is 5.54. The molecule has 5 nitrogen and oxygen atoms in total. The molecule has 1 heterocycles. The molecule has 0 saturated heterocycles. The van der Waals surface area contributed by atoms with Crippen molar-refractivity contribution in [2.75, 3.05) is 6.61 Å². The van der Waals surface area contributed by atoms with Crippen LogP contribution in [0.15, 0.2) is 55.0 Å². The number of carbonyl (C=O) groups excluding carboxylic acids is 1. The standard InChI is InChI=1S/C18H21N3O2/c1-13(2)12-23-17-6-4-15(5-7-17)18(22)21-14(3)10-16-11-19-8-9-20-16/h4-9,11,14H,1,10,12H2,2-3H3,(H,21,22). The highest BCUT2D eigenvalue weighted by Gasteiger charge is 2.11. The second kappa shape index (κ2) is 8.08. The molecule has 120 valence electrons. The highest BCUT2D eigenvalue weighted by atomic mass is 16.5. The van der Waals surface area contributed by atoms with Crippen LogP contribution in [0.25, 0.3) is 0 Å². The number of ether oxygens (including phenoxy) is 1. The highest BCUT2D eigenvalue weighted by molar-refractivity contribution is 5.94. The van der Waals surface area contributed by atoms with Gasteiger partial charge in [-0.2, -0.15) is 0 Å². The summed E-state index contributed by atoms with van der Waals surface area (Å²) in [5.74, 6) is 0.602. The number of aromatic nitrogens is 2. The van der Waals surface area contributed by atoms with E-state index >= 15 is 0 Å². The van der Waals surface area contributed by atoms with Gasteiger partial charge in [-0.25, -0.2) is 0 Å². The molecule has 0 aliphatic heterocycles. The van der Waals surface area contributed by atoms with Gasteiger partial charge in [0.2, 0.25) is 0 Å². The number of rotatable bonds is 7. The minimum atomic E-state index is -0.118. The molecule has 0 aliphatic carbocycles. The first kappa shape index (κ1) is 16.7. The molecule has 23 heavy (non-hydrogen) atoms. The van der Waals surface area contributed by atoms with E-state index < -0.39 is 0 Å². The third-order valence-electron chi connectivity index (χ3n) is 3.11. The molecular formula is C18H21N3O2. The Balaban J connectivity index is 1.88. The Bertz CT molecular complexity index is 654. The van der Waals surface area contributed by atoms with Gasteiger partial charge in [-0.05, 0) is 43.7 Å². The summed E-state index contributed by atoms with van der Waals surface area (Å²) in [6, 6.07) is 7.03. The lowest BCUT2D eigenvalue weighted by Gasteiger charge is -2.13. The highest BCUT2D eigenvalue weighted by Crippen LogP contribution is 2.13. The molecular weight excluding hydrogens is 290 g/mol. The maximum absolute atomic E-state index is 12.2. The second-order valence-corrected chi connectivity index (χ2v) is 5.55. The largest absolute Gasteiger partial charge is 0.489 e. The topological polar surface area (TPSA) is 64.1 Å².